The Balaban J connectivity index is 1.65. The second kappa shape index (κ2) is 6.73. The van der Waals surface area contributed by atoms with Crippen LogP contribution in [0.5, 0.6) is 0 Å². The maximum Gasteiger partial charge on any atom is 0.309 e. The number of epoxide rings is 2. The van der Waals surface area contributed by atoms with Gasteiger partial charge in [0.25, 0.3) is 0 Å². The number of ether oxygens (including phenoxy) is 2. The van der Waals surface area contributed by atoms with Crippen molar-refractivity contribution in [3.8, 4) is 0 Å². The van der Waals surface area contributed by atoms with Crippen molar-refractivity contribution >= 4 is 11.9 Å². The quantitative estimate of drug-likeness (QED) is 0.658. The molecule has 0 amide bonds. The third-order valence-electron chi connectivity index (χ3n) is 8.18. The van der Waals surface area contributed by atoms with Gasteiger partial charge in [0.1, 0.15) is 0 Å². The summed E-state index contributed by atoms with van der Waals surface area (Å²) in [6.07, 6.45) is 5.05. The molecule has 4 fully saturated rings. The van der Waals surface area contributed by atoms with Crippen LogP contribution in [-0.2, 0) is 19.1 Å². The summed E-state index contributed by atoms with van der Waals surface area (Å²) in [5.41, 5.74) is -0.938. The van der Waals surface area contributed by atoms with Crippen LogP contribution in [0.1, 0.15) is 59.3 Å². The fraction of sp³-hybridized carbons (Fsp3) is 0.905. The van der Waals surface area contributed by atoms with E-state index < -0.39 is 17.4 Å². The van der Waals surface area contributed by atoms with E-state index in [0.717, 1.165) is 25.7 Å². The Hall–Kier alpha value is -1.14. The van der Waals surface area contributed by atoms with E-state index in [0.29, 0.717) is 24.5 Å². The molecule has 0 aromatic carbocycles. The van der Waals surface area contributed by atoms with E-state index in [9.17, 15) is 19.8 Å². The van der Waals surface area contributed by atoms with Crippen molar-refractivity contribution < 1.29 is 29.3 Å². The molecule has 6 heteroatoms. The first-order valence-electron chi connectivity index (χ1n) is 10.5. The Labute approximate surface area is 160 Å². The van der Waals surface area contributed by atoms with Crippen molar-refractivity contribution in [3.63, 3.8) is 0 Å². The fourth-order valence-corrected chi connectivity index (χ4v) is 6.47. The van der Waals surface area contributed by atoms with Crippen LogP contribution in [0.4, 0.5) is 0 Å². The van der Waals surface area contributed by atoms with Gasteiger partial charge in [0, 0.05) is 6.42 Å². The molecular weight excluding hydrogens is 348 g/mol. The van der Waals surface area contributed by atoms with Crippen molar-refractivity contribution in [2.24, 2.45) is 35.0 Å². The molecule has 152 valence electrons. The Morgan fingerprint density at radius 3 is 2.11 bits per heavy atom. The van der Waals surface area contributed by atoms with E-state index in [4.69, 9.17) is 9.47 Å². The van der Waals surface area contributed by atoms with Crippen LogP contribution in [0.3, 0.4) is 0 Å². The summed E-state index contributed by atoms with van der Waals surface area (Å²) in [4.78, 5) is 24.0. The van der Waals surface area contributed by atoms with Gasteiger partial charge in [-0.25, -0.2) is 0 Å². The normalized spacial score (nSPS) is 45.7. The lowest BCUT2D eigenvalue weighted by atomic mass is 9.53. The molecule has 2 aliphatic carbocycles. The van der Waals surface area contributed by atoms with Crippen LogP contribution in [0.25, 0.3) is 0 Å². The van der Waals surface area contributed by atoms with E-state index in [1.54, 1.807) is 0 Å². The Kier molecular flexibility index (Phi) is 4.78. The van der Waals surface area contributed by atoms with E-state index in [-0.39, 0.29) is 42.3 Å². The summed E-state index contributed by atoms with van der Waals surface area (Å²) in [6.45, 7) is 6.21. The van der Waals surface area contributed by atoms with E-state index in [2.05, 4.69) is 13.8 Å². The van der Waals surface area contributed by atoms with E-state index in [1.807, 2.05) is 6.92 Å². The number of carboxylic acid groups (broad SMARTS) is 2. The van der Waals surface area contributed by atoms with Gasteiger partial charge in [-0.1, -0.05) is 13.8 Å². The lowest BCUT2D eigenvalue weighted by Gasteiger charge is -2.49. The Bertz CT molecular complexity index is 620. The average molecular weight is 380 g/mol. The summed E-state index contributed by atoms with van der Waals surface area (Å²) in [5.74, 6) is -0.948. The van der Waals surface area contributed by atoms with Gasteiger partial charge in [-0.3, -0.25) is 9.59 Å². The topological polar surface area (TPSA) is 99.7 Å². The zero-order valence-corrected chi connectivity index (χ0v) is 16.5. The summed E-state index contributed by atoms with van der Waals surface area (Å²) in [5, 5.41) is 19.7. The van der Waals surface area contributed by atoms with Gasteiger partial charge in [-0.05, 0) is 68.6 Å². The lowest BCUT2D eigenvalue weighted by molar-refractivity contribution is -0.163. The number of rotatable bonds is 7. The molecule has 2 heterocycles. The number of fused-ring (bicyclic) bond motifs is 2. The van der Waals surface area contributed by atoms with Crippen molar-refractivity contribution in [3.05, 3.63) is 0 Å². The molecule has 2 N–H and O–H groups in total. The molecule has 2 aliphatic heterocycles. The monoisotopic (exact) mass is 380 g/mol. The minimum absolute atomic E-state index is 0.0163. The molecule has 4 rings (SSSR count). The van der Waals surface area contributed by atoms with Gasteiger partial charge in [-0.2, -0.15) is 0 Å². The molecule has 27 heavy (non-hydrogen) atoms. The molecule has 2 saturated carbocycles. The number of hydrogen-bond donors (Lipinski definition) is 2. The SMILES string of the molecule is CC1CC2OC2CC1C(CCC(=O)O)C(C)(C(=O)O)C1CC2OC2CC1C. The molecule has 0 aromatic heterocycles. The van der Waals surface area contributed by atoms with Crippen LogP contribution in [-0.4, -0.2) is 46.6 Å². The molecular formula is C21H32O6. The molecule has 0 bridgehead atoms. The van der Waals surface area contributed by atoms with Crippen LogP contribution in [0.2, 0.25) is 0 Å². The average Bonchev–Trinajstić information content (AvgIpc) is 3.48. The second-order valence-corrected chi connectivity index (χ2v) is 9.72. The van der Waals surface area contributed by atoms with Gasteiger partial charge in [0.2, 0.25) is 0 Å². The third-order valence-corrected chi connectivity index (χ3v) is 8.18. The summed E-state index contributed by atoms with van der Waals surface area (Å²) < 4.78 is 11.4. The van der Waals surface area contributed by atoms with Crippen molar-refractivity contribution in [1.82, 2.24) is 0 Å². The maximum absolute atomic E-state index is 12.7. The van der Waals surface area contributed by atoms with E-state index in [1.165, 1.54) is 0 Å². The first-order chi connectivity index (χ1) is 12.7. The smallest absolute Gasteiger partial charge is 0.309 e. The first-order valence-corrected chi connectivity index (χ1v) is 10.5. The van der Waals surface area contributed by atoms with Gasteiger partial charge < -0.3 is 19.7 Å². The van der Waals surface area contributed by atoms with Crippen LogP contribution >= 0.6 is 0 Å². The zero-order chi connectivity index (χ0) is 19.5. The molecule has 10 unspecified atom stereocenters. The summed E-state index contributed by atoms with van der Waals surface area (Å²) >= 11 is 0. The molecule has 6 nitrogen and oxygen atoms in total. The van der Waals surface area contributed by atoms with Gasteiger partial charge in [0.15, 0.2) is 0 Å². The predicted octanol–water partition coefficient (Wildman–Crippen LogP) is 3.19. The highest BCUT2D eigenvalue weighted by Crippen LogP contribution is 2.57. The zero-order valence-electron chi connectivity index (χ0n) is 16.5. The second-order valence-electron chi connectivity index (χ2n) is 9.72. The molecule has 2 saturated heterocycles. The van der Waals surface area contributed by atoms with Crippen LogP contribution in [0, 0.1) is 35.0 Å². The van der Waals surface area contributed by atoms with Crippen LogP contribution in [0.15, 0.2) is 0 Å². The highest BCUT2D eigenvalue weighted by molar-refractivity contribution is 5.75. The van der Waals surface area contributed by atoms with Gasteiger partial charge >= 0.3 is 11.9 Å². The number of carboxylic acids is 2. The number of carbonyl (C=O) groups is 2. The molecule has 0 spiro atoms. The Morgan fingerprint density at radius 1 is 0.963 bits per heavy atom. The summed E-state index contributed by atoms with van der Waals surface area (Å²) in [6, 6.07) is 0. The van der Waals surface area contributed by atoms with Crippen LogP contribution < -0.4 is 0 Å². The van der Waals surface area contributed by atoms with Crippen molar-refractivity contribution in [1.29, 1.82) is 0 Å². The molecule has 0 radical (unpaired) electrons. The number of aliphatic carboxylic acids is 2. The highest BCUT2D eigenvalue weighted by Gasteiger charge is 2.60. The third kappa shape index (κ3) is 3.39. The fourth-order valence-electron chi connectivity index (χ4n) is 6.47. The highest BCUT2D eigenvalue weighted by atomic mass is 16.6. The van der Waals surface area contributed by atoms with Crippen molar-refractivity contribution in [2.45, 2.75) is 83.7 Å². The minimum atomic E-state index is -0.938. The predicted molar refractivity (Wildman–Crippen MR) is 97.2 cm³/mol. The number of hydrogen-bond acceptors (Lipinski definition) is 4. The molecule has 4 aliphatic rings. The van der Waals surface area contributed by atoms with Gasteiger partial charge in [-0.15, -0.1) is 0 Å². The van der Waals surface area contributed by atoms with Gasteiger partial charge in [0.05, 0.1) is 29.8 Å². The maximum atomic E-state index is 12.7. The first kappa shape index (κ1) is 19.2. The van der Waals surface area contributed by atoms with E-state index >= 15 is 0 Å². The van der Waals surface area contributed by atoms with Crippen molar-refractivity contribution in [2.75, 3.05) is 0 Å². The molecule has 10 atom stereocenters. The summed E-state index contributed by atoms with van der Waals surface area (Å²) in [7, 11) is 0. The largest absolute Gasteiger partial charge is 0.481 e. The Morgan fingerprint density at radius 2 is 1.52 bits per heavy atom. The lowest BCUT2D eigenvalue weighted by Crippen LogP contribution is -2.51. The standard InChI is InChI=1S/C21H32O6/c1-10-6-15-17(26-15)8-12(10)13(4-5-19(22)23)21(3,20(24)25)14-9-18-16(27-18)7-11(14)2/h10-18H,4-9H2,1-3H3,(H,22,23)(H,24,25). The minimum Gasteiger partial charge on any atom is -0.481 e. The molecule has 0 aromatic rings.